The first-order chi connectivity index (χ1) is 10.8. The molecular formula is C17H24Cl2N4O. The first kappa shape index (κ1) is 19.0. The third-order valence-electron chi connectivity index (χ3n) is 5.00. The summed E-state index contributed by atoms with van der Waals surface area (Å²) in [4.78, 5) is 16.4. The van der Waals surface area contributed by atoms with Gasteiger partial charge in [-0.05, 0) is 49.3 Å². The third-order valence-corrected chi connectivity index (χ3v) is 5.00. The van der Waals surface area contributed by atoms with Crippen LogP contribution in [0, 0.1) is 5.92 Å². The second kappa shape index (κ2) is 8.19. The number of nitrogens with one attached hydrogen (secondary N) is 2. The molecule has 2 atom stereocenters. The first-order valence-electron chi connectivity index (χ1n) is 8.20. The maximum absolute atomic E-state index is 12.2. The molecule has 7 heteroatoms. The average molecular weight is 371 g/mol. The lowest BCUT2D eigenvalue weighted by Crippen LogP contribution is -2.39. The summed E-state index contributed by atoms with van der Waals surface area (Å²) in [6.45, 7) is 0.583. The molecule has 2 fully saturated rings. The molecule has 4 rings (SSSR count). The lowest BCUT2D eigenvalue weighted by Gasteiger charge is -2.28. The van der Waals surface area contributed by atoms with Crippen molar-refractivity contribution in [3.8, 4) is 0 Å². The number of aromatic nitrogens is 2. The van der Waals surface area contributed by atoms with Gasteiger partial charge in [0.1, 0.15) is 5.65 Å². The molecule has 1 amide bonds. The van der Waals surface area contributed by atoms with E-state index in [1.165, 1.54) is 12.8 Å². The molecule has 2 N–H and O–H groups in total. The number of rotatable bonds is 4. The highest BCUT2D eigenvalue weighted by molar-refractivity contribution is 5.85. The number of hydrogen-bond donors (Lipinski definition) is 2. The molecule has 2 aliphatic rings. The van der Waals surface area contributed by atoms with Crippen LogP contribution in [0.5, 0.6) is 0 Å². The maximum Gasteiger partial charge on any atom is 0.220 e. The van der Waals surface area contributed by atoms with E-state index in [2.05, 4.69) is 15.6 Å². The average Bonchev–Trinajstić information content (AvgIpc) is 3.11. The number of amides is 1. The normalized spacial score (nSPS) is 24.9. The zero-order chi connectivity index (χ0) is 14.9. The van der Waals surface area contributed by atoms with Gasteiger partial charge in [-0.1, -0.05) is 0 Å². The Bertz CT molecular complexity index is 678. The molecule has 0 aromatic carbocycles. The molecule has 0 spiro atoms. The van der Waals surface area contributed by atoms with Crippen LogP contribution >= 0.6 is 24.8 Å². The second-order valence-corrected chi connectivity index (χ2v) is 6.68. The number of imidazole rings is 1. The third kappa shape index (κ3) is 4.21. The van der Waals surface area contributed by atoms with Crippen molar-refractivity contribution in [2.75, 3.05) is 0 Å². The summed E-state index contributed by atoms with van der Waals surface area (Å²) in [5, 5.41) is 6.68. The molecule has 24 heavy (non-hydrogen) atoms. The Morgan fingerprint density at radius 2 is 2.00 bits per heavy atom. The van der Waals surface area contributed by atoms with Crippen molar-refractivity contribution in [3.05, 3.63) is 36.3 Å². The van der Waals surface area contributed by atoms with Crippen molar-refractivity contribution >= 4 is 36.4 Å². The molecule has 2 bridgehead atoms. The number of fused-ring (bicyclic) bond motifs is 3. The fraction of sp³-hybridized carbons (Fsp3) is 0.529. The van der Waals surface area contributed by atoms with Gasteiger partial charge in [0.25, 0.3) is 0 Å². The van der Waals surface area contributed by atoms with Crippen molar-refractivity contribution in [2.45, 2.75) is 50.7 Å². The van der Waals surface area contributed by atoms with E-state index in [1.807, 2.05) is 28.9 Å². The predicted molar refractivity (Wildman–Crippen MR) is 98.8 cm³/mol. The predicted octanol–water partition coefficient (Wildman–Crippen LogP) is 2.71. The van der Waals surface area contributed by atoms with E-state index in [0.717, 1.165) is 24.1 Å². The van der Waals surface area contributed by atoms with Crippen LogP contribution in [-0.4, -0.2) is 27.4 Å². The number of piperidine rings is 1. The van der Waals surface area contributed by atoms with E-state index < -0.39 is 0 Å². The molecule has 2 unspecified atom stereocenters. The molecule has 5 nitrogen and oxygen atoms in total. The molecule has 2 saturated heterocycles. The minimum absolute atomic E-state index is 0. The highest BCUT2D eigenvalue weighted by atomic mass is 35.5. The number of pyridine rings is 1. The Kier molecular flexibility index (Phi) is 6.49. The maximum atomic E-state index is 12.2. The Morgan fingerprint density at radius 1 is 1.25 bits per heavy atom. The van der Waals surface area contributed by atoms with Gasteiger partial charge in [0.2, 0.25) is 5.91 Å². The van der Waals surface area contributed by atoms with Crippen LogP contribution in [0.4, 0.5) is 0 Å². The molecule has 2 aromatic heterocycles. The van der Waals surface area contributed by atoms with E-state index in [4.69, 9.17) is 0 Å². The monoisotopic (exact) mass is 370 g/mol. The van der Waals surface area contributed by atoms with Crippen molar-refractivity contribution in [3.63, 3.8) is 0 Å². The summed E-state index contributed by atoms with van der Waals surface area (Å²) in [6.07, 6.45) is 11.2. The van der Waals surface area contributed by atoms with Gasteiger partial charge in [-0.15, -0.1) is 24.8 Å². The molecule has 0 saturated carbocycles. The summed E-state index contributed by atoms with van der Waals surface area (Å²) in [5.41, 5.74) is 2.01. The van der Waals surface area contributed by atoms with Crippen LogP contribution in [-0.2, 0) is 11.3 Å². The van der Waals surface area contributed by atoms with E-state index in [9.17, 15) is 4.79 Å². The van der Waals surface area contributed by atoms with Gasteiger partial charge < -0.3 is 15.0 Å². The van der Waals surface area contributed by atoms with Crippen molar-refractivity contribution in [1.82, 2.24) is 20.0 Å². The number of halogens is 2. The summed E-state index contributed by atoms with van der Waals surface area (Å²) in [6, 6.07) is 5.35. The van der Waals surface area contributed by atoms with Gasteiger partial charge in [-0.2, -0.15) is 0 Å². The quantitative estimate of drug-likeness (QED) is 0.869. The van der Waals surface area contributed by atoms with Gasteiger partial charge >= 0.3 is 0 Å². The lowest BCUT2D eigenvalue weighted by molar-refractivity contribution is -0.122. The van der Waals surface area contributed by atoms with Crippen LogP contribution in [0.3, 0.4) is 0 Å². The zero-order valence-corrected chi connectivity index (χ0v) is 15.1. The Hall–Kier alpha value is -1.30. The standard InChI is InChI=1S/C17H22N4O.2ClH/c22-17(10-13-7-14-1-2-15(8-13)20-14)19-11-12-3-5-21-6-4-18-16(21)9-12;;/h3-6,9,13-15,20H,1-2,7-8,10-11H2,(H,19,22);2*1H. The largest absolute Gasteiger partial charge is 0.352 e. The highest BCUT2D eigenvalue weighted by Gasteiger charge is 2.34. The molecular weight excluding hydrogens is 347 g/mol. The highest BCUT2D eigenvalue weighted by Crippen LogP contribution is 2.32. The van der Waals surface area contributed by atoms with Crippen LogP contribution in [0.25, 0.3) is 5.65 Å². The van der Waals surface area contributed by atoms with E-state index in [0.29, 0.717) is 31.0 Å². The molecule has 2 aliphatic heterocycles. The van der Waals surface area contributed by atoms with Gasteiger partial charge in [0.05, 0.1) is 0 Å². The van der Waals surface area contributed by atoms with Crippen molar-refractivity contribution in [1.29, 1.82) is 0 Å². The fourth-order valence-electron chi connectivity index (χ4n) is 3.94. The van der Waals surface area contributed by atoms with Crippen molar-refractivity contribution in [2.24, 2.45) is 5.92 Å². The topological polar surface area (TPSA) is 58.4 Å². The molecule has 0 aliphatic carbocycles. The van der Waals surface area contributed by atoms with Crippen LogP contribution in [0.1, 0.15) is 37.7 Å². The first-order valence-corrected chi connectivity index (χ1v) is 8.20. The molecule has 4 heterocycles. The van der Waals surface area contributed by atoms with Crippen LogP contribution in [0.15, 0.2) is 30.7 Å². The van der Waals surface area contributed by atoms with Gasteiger partial charge in [-0.3, -0.25) is 4.79 Å². The molecule has 132 valence electrons. The number of carbonyl (C=O) groups excluding carboxylic acids is 1. The molecule has 2 aromatic rings. The number of carbonyl (C=O) groups is 1. The van der Waals surface area contributed by atoms with Gasteiger partial charge in [0, 0.05) is 43.6 Å². The lowest BCUT2D eigenvalue weighted by atomic mass is 9.89. The summed E-state index contributed by atoms with van der Waals surface area (Å²) in [7, 11) is 0. The van der Waals surface area contributed by atoms with E-state index >= 15 is 0 Å². The minimum atomic E-state index is 0. The van der Waals surface area contributed by atoms with Crippen molar-refractivity contribution < 1.29 is 4.79 Å². The number of nitrogens with zero attached hydrogens (tertiary/aromatic N) is 2. The summed E-state index contributed by atoms with van der Waals surface area (Å²) in [5.74, 6) is 0.725. The van der Waals surface area contributed by atoms with Crippen LogP contribution < -0.4 is 10.6 Å². The SMILES string of the molecule is Cl.Cl.O=C(CC1CC2CCC(C1)N2)NCc1ccn2ccnc2c1. The van der Waals surface area contributed by atoms with Gasteiger partial charge in [0.15, 0.2) is 0 Å². The van der Waals surface area contributed by atoms with E-state index in [1.54, 1.807) is 6.20 Å². The zero-order valence-electron chi connectivity index (χ0n) is 13.5. The number of hydrogen-bond acceptors (Lipinski definition) is 3. The Balaban J connectivity index is 0.00000104. The second-order valence-electron chi connectivity index (χ2n) is 6.68. The summed E-state index contributed by atoms with van der Waals surface area (Å²) < 4.78 is 1.97. The van der Waals surface area contributed by atoms with Crippen LogP contribution in [0.2, 0.25) is 0 Å². The Labute approximate surface area is 154 Å². The van der Waals surface area contributed by atoms with Gasteiger partial charge in [-0.25, -0.2) is 4.98 Å². The Morgan fingerprint density at radius 3 is 2.75 bits per heavy atom. The smallest absolute Gasteiger partial charge is 0.220 e. The van der Waals surface area contributed by atoms with E-state index in [-0.39, 0.29) is 30.7 Å². The fourth-order valence-corrected chi connectivity index (χ4v) is 3.94. The summed E-state index contributed by atoms with van der Waals surface area (Å²) >= 11 is 0. The molecule has 0 radical (unpaired) electrons. The minimum Gasteiger partial charge on any atom is -0.352 e.